The Kier molecular flexibility index (Phi) is 6.19. The maximum Gasteiger partial charge on any atom is 0.225 e. The second-order valence-corrected chi connectivity index (χ2v) is 13.0. The highest BCUT2D eigenvalue weighted by Crippen LogP contribution is 2.41. The van der Waals surface area contributed by atoms with Crippen molar-refractivity contribution in [2.45, 2.75) is 64.3 Å². The number of nitrogens with one attached hydrogen (secondary N) is 2. The average Bonchev–Trinajstić information content (AvgIpc) is 3.44. The first-order chi connectivity index (χ1) is 16.6. The molecule has 3 aromatic rings. The third-order valence-electron chi connectivity index (χ3n) is 6.78. The number of aromatic nitrogens is 4. The van der Waals surface area contributed by atoms with Crippen molar-refractivity contribution >= 4 is 43.2 Å². The molecule has 0 saturated heterocycles. The highest BCUT2D eigenvalue weighted by Gasteiger charge is 2.48. The quantitative estimate of drug-likeness (QED) is 0.328. The largest absolute Gasteiger partial charge is 0.388 e. The van der Waals surface area contributed by atoms with Gasteiger partial charge in [-0.25, -0.2) is 18.4 Å². The molecule has 3 atom stereocenters. The van der Waals surface area contributed by atoms with Crippen LogP contribution in [0.5, 0.6) is 0 Å². The number of anilines is 2. The van der Waals surface area contributed by atoms with E-state index in [1.165, 1.54) is 11.3 Å². The van der Waals surface area contributed by atoms with Crippen molar-refractivity contribution in [2.24, 2.45) is 5.92 Å². The van der Waals surface area contributed by atoms with Crippen LogP contribution in [0.1, 0.15) is 44.0 Å². The lowest BCUT2D eigenvalue weighted by atomic mass is 10.0. The van der Waals surface area contributed by atoms with Gasteiger partial charge in [-0.15, -0.1) is 11.3 Å². The van der Waals surface area contributed by atoms with E-state index in [2.05, 4.69) is 25.6 Å². The van der Waals surface area contributed by atoms with Crippen LogP contribution >= 0.6 is 11.3 Å². The topological polar surface area (TPSA) is 150 Å². The summed E-state index contributed by atoms with van der Waals surface area (Å²) in [6.45, 7) is 5.35. The number of fused-ring (bicyclic) bond motifs is 1. The molecular formula is C23H30N6O4S2. The Morgan fingerprint density at radius 2 is 1.94 bits per heavy atom. The van der Waals surface area contributed by atoms with Crippen LogP contribution in [0.25, 0.3) is 20.8 Å². The summed E-state index contributed by atoms with van der Waals surface area (Å²) in [5, 5.41) is 29.4. The van der Waals surface area contributed by atoms with Crippen LogP contribution in [0.3, 0.4) is 0 Å². The highest BCUT2D eigenvalue weighted by atomic mass is 32.2. The number of thiazole rings is 1. The minimum atomic E-state index is -3.30. The average molecular weight is 519 g/mol. The summed E-state index contributed by atoms with van der Waals surface area (Å²) in [4.78, 5) is 18.4. The summed E-state index contributed by atoms with van der Waals surface area (Å²) in [7, 11) is -3.30. The van der Waals surface area contributed by atoms with Gasteiger partial charge in [-0.3, -0.25) is 4.98 Å². The lowest BCUT2D eigenvalue weighted by Gasteiger charge is -2.31. The molecule has 3 unspecified atom stereocenters. The molecule has 4 N–H and O–H groups in total. The van der Waals surface area contributed by atoms with E-state index in [-0.39, 0.29) is 17.9 Å². The number of hydrogen-bond donors (Lipinski definition) is 4. The van der Waals surface area contributed by atoms with E-state index < -0.39 is 27.6 Å². The van der Waals surface area contributed by atoms with Crippen LogP contribution < -0.4 is 10.6 Å². The van der Waals surface area contributed by atoms with E-state index in [0.29, 0.717) is 40.5 Å². The number of sulfone groups is 1. The van der Waals surface area contributed by atoms with E-state index in [4.69, 9.17) is 4.98 Å². The molecule has 5 rings (SSSR count). The van der Waals surface area contributed by atoms with Gasteiger partial charge in [-0.1, -0.05) is 6.92 Å². The smallest absolute Gasteiger partial charge is 0.225 e. The number of hydrogen-bond acceptors (Lipinski definition) is 11. The molecule has 0 aliphatic heterocycles. The van der Waals surface area contributed by atoms with Crippen LogP contribution in [0.2, 0.25) is 0 Å². The van der Waals surface area contributed by atoms with E-state index in [0.717, 1.165) is 28.8 Å². The first kappa shape index (κ1) is 24.3. The fourth-order valence-electron chi connectivity index (χ4n) is 4.54. The van der Waals surface area contributed by atoms with Gasteiger partial charge in [-0.05, 0) is 45.6 Å². The summed E-state index contributed by atoms with van der Waals surface area (Å²) in [5.41, 5.74) is 1.19. The van der Waals surface area contributed by atoms with Gasteiger partial charge in [0.15, 0.2) is 5.72 Å². The molecule has 0 bridgehead atoms. The lowest BCUT2D eigenvalue weighted by Crippen LogP contribution is -2.48. The lowest BCUT2D eigenvalue weighted by molar-refractivity contribution is -0.0442. The molecule has 3 aromatic heterocycles. The van der Waals surface area contributed by atoms with Gasteiger partial charge < -0.3 is 20.8 Å². The highest BCUT2D eigenvalue weighted by molar-refractivity contribution is 7.91. The SMILES string of the molecule is CCS(=O)(=O)CC1CCC(O)(Nc2nc(NC3CC3)nc(C)c2-c2nc3c(C)nccc3s2)C1O. The van der Waals surface area contributed by atoms with Gasteiger partial charge in [0.25, 0.3) is 0 Å². The molecule has 2 aliphatic rings. The summed E-state index contributed by atoms with van der Waals surface area (Å²) in [6.07, 6.45) is 3.14. The fraction of sp³-hybridized carbons (Fsp3) is 0.565. The molecule has 2 saturated carbocycles. The molecule has 2 fully saturated rings. The summed E-state index contributed by atoms with van der Waals surface area (Å²) in [5.74, 6) is 0.0638. The number of aryl methyl sites for hydroxylation is 2. The van der Waals surface area contributed by atoms with Gasteiger partial charge >= 0.3 is 0 Å². The minimum Gasteiger partial charge on any atom is -0.388 e. The van der Waals surface area contributed by atoms with Crippen molar-refractivity contribution in [1.82, 2.24) is 19.9 Å². The van der Waals surface area contributed by atoms with Gasteiger partial charge in [0, 0.05) is 23.9 Å². The molecule has 3 heterocycles. The second kappa shape index (κ2) is 8.91. The summed E-state index contributed by atoms with van der Waals surface area (Å²) >= 11 is 1.48. The number of nitrogens with zero attached hydrogens (tertiary/aromatic N) is 4. The first-order valence-electron chi connectivity index (χ1n) is 11.9. The van der Waals surface area contributed by atoms with E-state index >= 15 is 0 Å². The predicted octanol–water partition coefficient (Wildman–Crippen LogP) is 2.65. The number of aliphatic hydroxyl groups excluding tert-OH is 1. The second-order valence-electron chi connectivity index (χ2n) is 9.53. The zero-order valence-corrected chi connectivity index (χ0v) is 21.6. The zero-order valence-electron chi connectivity index (χ0n) is 19.9. The molecule has 0 spiro atoms. The normalized spacial score (nSPS) is 24.7. The van der Waals surface area contributed by atoms with E-state index in [1.807, 2.05) is 19.9 Å². The van der Waals surface area contributed by atoms with Crippen molar-refractivity contribution in [3.05, 3.63) is 23.7 Å². The Bertz CT molecular complexity index is 1370. The molecule has 2 aliphatic carbocycles. The van der Waals surface area contributed by atoms with Crippen molar-refractivity contribution < 1.29 is 18.6 Å². The summed E-state index contributed by atoms with van der Waals surface area (Å²) < 4.78 is 25.3. The first-order valence-corrected chi connectivity index (χ1v) is 14.5. The van der Waals surface area contributed by atoms with E-state index in [1.54, 1.807) is 13.1 Å². The molecule has 10 nitrogen and oxygen atoms in total. The van der Waals surface area contributed by atoms with Crippen molar-refractivity contribution in [3.63, 3.8) is 0 Å². The Morgan fingerprint density at radius 1 is 1.17 bits per heavy atom. The van der Waals surface area contributed by atoms with Crippen molar-refractivity contribution in [1.29, 1.82) is 0 Å². The third-order valence-corrected chi connectivity index (χ3v) is 9.63. The Labute approximate surface area is 208 Å². The van der Waals surface area contributed by atoms with Crippen LogP contribution in [0.15, 0.2) is 12.3 Å². The van der Waals surface area contributed by atoms with Crippen LogP contribution in [-0.4, -0.2) is 67.9 Å². The standard InChI is InChI=1S/C23H30N6O4S2/c1-4-35(32,33)11-14-7-9-23(31,19(14)30)29-20-17(12(2)25-22(28-20)26-15-5-6-15)21-27-18-13(3)24-10-8-16(18)34-21/h8,10,14-15,19,30-31H,4-7,9,11H2,1-3H3,(H2,25,26,28,29). The van der Waals surface area contributed by atoms with Crippen LogP contribution in [-0.2, 0) is 9.84 Å². The Morgan fingerprint density at radius 3 is 2.63 bits per heavy atom. The summed E-state index contributed by atoms with van der Waals surface area (Å²) in [6, 6.07) is 2.23. The van der Waals surface area contributed by atoms with Crippen molar-refractivity contribution in [3.8, 4) is 10.6 Å². The fourth-order valence-corrected chi connectivity index (χ4v) is 6.89. The Balaban J connectivity index is 1.53. The van der Waals surface area contributed by atoms with E-state index in [9.17, 15) is 18.6 Å². The molecule has 188 valence electrons. The zero-order chi connectivity index (χ0) is 25.0. The number of aliphatic hydroxyl groups is 2. The number of pyridine rings is 1. The molecule has 0 aromatic carbocycles. The molecule has 35 heavy (non-hydrogen) atoms. The Hall–Kier alpha value is -2.41. The predicted molar refractivity (Wildman–Crippen MR) is 136 cm³/mol. The van der Waals surface area contributed by atoms with Gasteiger partial charge in [0.1, 0.15) is 32.3 Å². The maximum absolute atomic E-state index is 12.2. The third kappa shape index (κ3) is 4.84. The van der Waals surface area contributed by atoms with Crippen molar-refractivity contribution in [2.75, 3.05) is 22.1 Å². The van der Waals surface area contributed by atoms with Crippen LogP contribution in [0, 0.1) is 19.8 Å². The maximum atomic E-state index is 12.2. The molecule has 0 radical (unpaired) electrons. The minimum absolute atomic E-state index is 0.000588. The molecule has 12 heteroatoms. The number of rotatable bonds is 8. The van der Waals surface area contributed by atoms with Gasteiger partial charge in [0.05, 0.1) is 27.4 Å². The van der Waals surface area contributed by atoms with Gasteiger partial charge in [0.2, 0.25) is 5.95 Å². The molecule has 0 amide bonds. The monoisotopic (exact) mass is 518 g/mol. The van der Waals surface area contributed by atoms with Gasteiger partial charge in [-0.2, -0.15) is 4.98 Å². The molecular weight excluding hydrogens is 488 g/mol. The van der Waals surface area contributed by atoms with Crippen LogP contribution in [0.4, 0.5) is 11.8 Å².